The molecule has 29 heavy (non-hydrogen) atoms. The number of carbonyl (C=O) groups is 2. The Balaban J connectivity index is 1.33. The maximum Gasteiger partial charge on any atom is 0.331 e. The molecule has 5 nitrogen and oxygen atoms in total. The van der Waals surface area contributed by atoms with E-state index in [0.29, 0.717) is 5.69 Å². The molecule has 4 rings (SSSR count). The summed E-state index contributed by atoms with van der Waals surface area (Å²) >= 11 is 0. The SMILES string of the molecule is CC1(C)C[C@@H]2C[C@@](C)(CN2C(=O)COC(=O)/C=C/c2ccc3ccccc3n2)C1. The molecule has 1 aromatic heterocycles. The summed E-state index contributed by atoms with van der Waals surface area (Å²) in [5.41, 5.74) is 1.97. The fourth-order valence-electron chi connectivity index (χ4n) is 5.34. The molecule has 2 heterocycles. The van der Waals surface area contributed by atoms with Crippen molar-refractivity contribution >= 4 is 28.9 Å². The van der Waals surface area contributed by atoms with Crippen molar-refractivity contribution in [3.05, 3.63) is 48.2 Å². The number of carbonyl (C=O) groups excluding carboxylic acids is 2. The van der Waals surface area contributed by atoms with Crippen molar-refractivity contribution < 1.29 is 14.3 Å². The van der Waals surface area contributed by atoms with E-state index in [1.165, 1.54) is 6.08 Å². The van der Waals surface area contributed by atoms with Crippen LogP contribution in [-0.4, -0.2) is 41.0 Å². The van der Waals surface area contributed by atoms with Crippen LogP contribution in [0.15, 0.2) is 42.5 Å². The van der Waals surface area contributed by atoms with Crippen molar-refractivity contribution in [1.29, 1.82) is 0 Å². The van der Waals surface area contributed by atoms with Crippen LogP contribution in [0.5, 0.6) is 0 Å². The number of nitrogens with zero attached hydrogens (tertiary/aromatic N) is 2. The number of para-hydroxylation sites is 1. The van der Waals surface area contributed by atoms with Crippen LogP contribution in [-0.2, 0) is 14.3 Å². The summed E-state index contributed by atoms with van der Waals surface area (Å²) in [5.74, 6) is -0.621. The third-order valence-electron chi connectivity index (χ3n) is 6.08. The summed E-state index contributed by atoms with van der Waals surface area (Å²) in [7, 11) is 0. The summed E-state index contributed by atoms with van der Waals surface area (Å²) in [4.78, 5) is 31.2. The van der Waals surface area contributed by atoms with Gasteiger partial charge in [-0.1, -0.05) is 45.0 Å². The van der Waals surface area contributed by atoms with E-state index < -0.39 is 5.97 Å². The highest BCUT2D eigenvalue weighted by Gasteiger charge is 2.50. The maximum absolute atomic E-state index is 12.7. The van der Waals surface area contributed by atoms with E-state index in [4.69, 9.17) is 4.74 Å². The summed E-state index contributed by atoms with van der Waals surface area (Å²) < 4.78 is 5.21. The Morgan fingerprint density at radius 3 is 2.79 bits per heavy atom. The van der Waals surface area contributed by atoms with Crippen molar-refractivity contribution in [2.24, 2.45) is 10.8 Å². The fourth-order valence-corrected chi connectivity index (χ4v) is 5.34. The second kappa shape index (κ2) is 7.29. The lowest BCUT2D eigenvalue weighted by molar-refractivity contribution is -0.148. The Morgan fingerprint density at radius 1 is 1.17 bits per heavy atom. The van der Waals surface area contributed by atoms with Gasteiger partial charge in [-0.3, -0.25) is 4.79 Å². The molecule has 2 fully saturated rings. The van der Waals surface area contributed by atoms with Gasteiger partial charge >= 0.3 is 5.97 Å². The zero-order chi connectivity index (χ0) is 20.6. The minimum Gasteiger partial charge on any atom is -0.452 e. The summed E-state index contributed by atoms with van der Waals surface area (Å²) in [6, 6.07) is 11.9. The first-order valence-electron chi connectivity index (χ1n) is 10.2. The second-order valence-corrected chi connectivity index (χ2v) is 9.61. The Hall–Kier alpha value is -2.69. The van der Waals surface area contributed by atoms with E-state index in [1.807, 2.05) is 41.3 Å². The highest BCUT2D eigenvalue weighted by atomic mass is 16.5. The average Bonchev–Trinajstić information content (AvgIpc) is 2.93. The predicted octanol–water partition coefficient (Wildman–Crippen LogP) is 4.22. The van der Waals surface area contributed by atoms with Gasteiger partial charge in [0.15, 0.2) is 6.61 Å². The van der Waals surface area contributed by atoms with Gasteiger partial charge in [-0.05, 0) is 48.3 Å². The monoisotopic (exact) mass is 392 g/mol. The number of rotatable bonds is 4. The third-order valence-corrected chi connectivity index (χ3v) is 6.08. The fraction of sp³-hybridized carbons (Fsp3) is 0.458. The van der Waals surface area contributed by atoms with Crippen molar-refractivity contribution in [1.82, 2.24) is 9.88 Å². The molecule has 5 heteroatoms. The molecule has 1 aliphatic heterocycles. The highest BCUT2D eigenvalue weighted by Crippen LogP contribution is 2.52. The number of benzene rings is 1. The summed E-state index contributed by atoms with van der Waals surface area (Å²) in [6.45, 7) is 7.36. The first kappa shape index (κ1) is 19.6. The van der Waals surface area contributed by atoms with Gasteiger partial charge in [-0.15, -0.1) is 0 Å². The van der Waals surface area contributed by atoms with Crippen LogP contribution in [0, 0.1) is 10.8 Å². The van der Waals surface area contributed by atoms with E-state index in [1.54, 1.807) is 6.08 Å². The average molecular weight is 392 g/mol. The largest absolute Gasteiger partial charge is 0.452 e. The molecule has 0 N–H and O–H groups in total. The van der Waals surface area contributed by atoms with Gasteiger partial charge < -0.3 is 9.64 Å². The molecule has 2 aliphatic rings. The first-order chi connectivity index (χ1) is 13.7. The van der Waals surface area contributed by atoms with Crippen LogP contribution in [0.2, 0.25) is 0 Å². The van der Waals surface area contributed by atoms with Crippen molar-refractivity contribution in [3.63, 3.8) is 0 Å². The number of hydrogen-bond donors (Lipinski definition) is 0. The van der Waals surface area contributed by atoms with Gasteiger partial charge in [0.1, 0.15) is 0 Å². The molecule has 152 valence electrons. The van der Waals surface area contributed by atoms with E-state index >= 15 is 0 Å². The van der Waals surface area contributed by atoms with Crippen LogP contribution in [0.25, 0.3) is 17.0 Å². The summed E-state index contributed by atoms with van der Waals surface area (Å²) in [6.07, 6.45) is 6.13. The van der Waals surface area contributed by atoms with Gasteiger partial charge in [-0.25, -0.2) is 9.78 Å². The lowest BCUT2D eigenvalue weighted by atomic mass is 9.65. The van der Waals surface area contributed by atoms with Crippen LogP contribution in [0.1, 0.15) is 45.7 Å². The van der Waals surface area contributed by atoms with Crippen molar-refractivity contribution in [3.8, 4) is 0 Å². The number of aromatic nitrogens is 1. The molecular formula is C24H28N2O3. The molecule has 1 amide bonds. The van der Waals surface area contributed by atoms with Crippen LogP contribution in [0.4, 0.5) is 0 Å². The third kappa shape index (κ3) is 4.34. The molecule has 2 aromatic rings. The molecule has 0 unspecified atom stereocenters. The highest BCUT2D eigenvalue weighted by molar-refractivity contribution is 5.89. The smallest absolute Gasteiger partial charge is 0.331 e. The Labute approximate surface area is 171 Å². The molecule has 2 bridgehead atoms. The number of ether oxygens (including phenoxy) is 1. The number of pyridine rings is 1. The molecular weight excluding hydrogens is 364 g/mol. The molecule has 1 aliphatic carbocycles. The molecule has 1 saturated heterocycles. The quantitative estimate of drug-likeness (QED) is 0.577. The van der Waals surface area contributed by atoms with E-state index in [2.05, 4.69) is 25.8 Å². The Morgan fingerprint density at radius 2 is 1.97 bits per heavy atom. The van der Waals surface area contributed by atoms with Gasteiger partial charge in [-0.2, -0.15) is 0 Å². The molecule has 1 saturated carbocycles. The minimum absolute atomic E-state index is 0.0954. The molecule has 1 aromatic carbocycles. The number of fused-ring (bicyclic) bond motifs is 3. The van der Waals surface area contributed by atoms with E-state index in [-0.39, 0.29) is 29.4 Å². The second-order valence-electron chi connectivity index (χ2n) is 9.61. The number of esters is 1. The van der Waals surface area contributed by atoms with E-state index in [0.717, 1.165) is 36.7 Å². The van der Waals surface area contributed by atoms with Crippen molar-refractivity contribution in [2.75, 3.05) is 13.2 Å². The van der Waals surface area contributed by atoms with Crippen LogP contribution < -0.4 is 0 Å². The Kier molecular flexibility index (Phi) is 4.93. The standard InChI is InChI=1S/C24H28N2O3/c1-23(2)12-19-13-24(3,15-23)16-26(19)21(27)14-29-22(28)11-10-18-9-8-17-6-4-5-7-20(17)25-18/h4-11,19H,12-16H2,1-3H3/b11-10+/t19-,24-/m1/s1. The predicted molar refractivity (Wildman–Crippen MR) is 113 cm³/mol. The van der Waals surface area contributed by atoms with Gasteiger partial charge in [0.05, 0.1) is 11.2 Å². The van der Waals surface area contributed by atoms with Gasteiger partial charge in [0.25, 0.3) is 5.91 Å². The van der Waals surface area contributed by atoms with E-state index in [9.17, 15) is 9.59 Å². The first-order valence-corrected chi connectivity index (χ1v) is 10.2. The Bertz CT molecular complexity index is 981. The van der Waals surface area contributed by atoms with Crippen LogP contribution >= 0.6 is 0 Å². The minimum atomic E-state index is -0.526. The maximum atomic E-state index is 12.7. The zero-order valence-electron chi connectivity index (χ0n) is 17.4. The van der Waals surface area contributed by atoms with Crippen LogP contribution in [0.3, 0.4) is 0 Å². The van der Waals surface area contributed by atoms with Crippen molar-refractivity contribution in [2.45, 2.75) is 46.1 Å². The molecule has 2 atom stereocenters. The lowest BCUT2D eigenvalue weighted by Gasteiger charge is -2.39. The number of hydrogen-bond acceptors (Lipinski definition) is 4. The number of amides is 1. The molecule has 0 spiro atoms. The normalized spacial score (nSPS) is 25.5. The van der Waals surface area contributed by atoms with Gasteiger partial charge in [0.2, 0.25) is 0 Å². The molecule has 0 radical (unpaired) electrons. The summed E-state index contributed by atoms with van der Waals surface area (Å²) in [5, 5.41) is 1.05. The van der Waals surface area contributed by atoms with Gasteiger partial charge in [0, 0.05) is 24.0 Å². The zero-order valence-corrected chi connectivity index (χ0v) is 17.4. The number of likely N-dealkylation sites (tertiary alicyclic amines) is 1. The lowest BCUT2D eigenvalue weighted by Crippen LogP contribution is -2.39. The topological polar surface area (TPSA) is 59.5 Å².